The third-order valence-electron chi connectivity index (χ3n) is 0.978. The normalized spacial score (nSPS) is 9.64. The van der Waals surface area contributed by atoms with Crippen LogP contribution in [0.25, 0.3) is 0 Å². The van der Waals surface area contributed by atoms with Gasteiger partial charge in [0.2, 0.25) is 5.95 Å². The number of nitrogens with zero attached hydrogens (tertiary/aromatic N) is 1. The zero-order valence-corrected chi connectivity index (χ0v) is 5.21. The van der Waals surface area contributed by atoms with Crippen molar-refractivity contribution in [1.29, 1.82) is 0 Å². The zero-order valence-electron chi connectivity index (χ0n) is 5.21. The molecule has 1 N–H and O–H groups in total. The van der Waals surface area contributed by atoms with E-state index >= 15 is 0 Å². The minimum atomic E-state index is -1.46. The highest BCUT2D eigenvalue weighted by molar-refractivity contribution is 5.85. The third kappa shape index (κ3) is 1.70. The topological polar surface area (TPSA) is 50.2 Å². The van der Waals surface area contributed by atoms with E-state index in [9.17, 15) is 13.6 Å². The van der Waals surface area contributed by atoms with Crippen LogP contribution in [-0.4, -0.2) is 16.1 Å². The molecular weight excluding hydrogens is 156 g/mol. The molecule has 1 aromatic rings. The van der Waals surface area contributed by atoms with Crippen LogP contribution in [0.15, 0.2) is 12.1 Å². The van der Waals surface area contributed by atoms with Crippen molar-refractivity contribution in [2.45, 2.75) is 0 Å². The molecule has 0 aromatic carbocycles. The molecule has 0 aliphatic rings. The van der Waals surface area contributed by atoms with Gasteiger partial charge in [-0.25, -0.2) is 14.2 Å². The fourth-order valence-electron chi connectivity index (χ4n) is 0.575. The van der Waals surface area contributed by atoms with Crippen molar-refractivity contribution in [1.82, 2.24) is 4.98 Å². The van der Waals surface area contributed by atoms with Crippen molar-refractivity contribution >= 4 is 5.97 Å². The Labute approximate surface area is 60.3 Å². The van der Waals surface area contributed by atoms with E-state index < -0.39 is 23.4 Å². The Morgan fingerprint density at radius 3 is 2.55 bits per heavy atom. The summed E-state index contributed by atoms with van der Waals surface area (Å²) in [6.45, 7) is 0. The Bertz CT molecular complexity index is 280. The summed E-state index contributed by atoms with van der Waals surface area (Å²) < 4.78 is 24.4. The number of hydrogen-bond donors (Lipinski definition) is 1. The lowest BCUT2D eigenvalue weighted by molar-refractivity contribution is 0.0688. The summed E-state index contributed by atoms with van der Waals surface area (Å²) in [6, 6.07) is 1.15. The van der Waals surface area contributed by atoms with Crippen LogP contribution in [0.3, 0.4) is 0 Å². The summed E-state index contributed by atoms with van der Waals surface area (Å²) in [7, 11) is 0. The molecule has 0 unspecified atom stereocenters. The second-order valence-electron chi connectivity index (χ2n) is 1.80. The SMILES string of the molecule is O=C(O)c1cc(F)cc(F)n1. The molecule has 0 saturated heterocycles. The number of carboxylic acids is 1. The quantitative estimate of drug-likeness (QED) is 0.623. The molecule has 0 radical (unpaired) electrons. The second-order valence-corrected chi connectivity index (χ2v) is 1.80. The van der Waals surface area contributed by atoms with Crippen molar-refractivity contribution in [3.63, 3.8) is 0 Å². The lowest BCUT2D eigenvalue weighted by Gasteiger charge is -1.92. The predicted octanol–water partition coefficient (Wildman–Crippen LogP) is 1.06. The number of aromatic nitrogens is 1. The largest absolute Gasteiger partial charge is 0.477 e. The zero-order chi connectivity index (χ0) is 8.43. The van der Waals surface area contributed by atoms with E-state index in [4.69, 9.17) is 5.11 Å². The van der Waals surface area contributed by atoms with Crippen LogP contribution < -0.4 is 0 Å². The molecule has 3 nitrogen and oxygen atoms in total. The van der Waals surface area contributed by atoms with E-state index in [0.29, 0.717) is 12.1 Å². The molecule has 0 spiro atoms. The number of pyridine rings is 1. The van der Waals surface area contributed by atoms with Gasteiger partial charge in [0, 0.05) is 12.1 Å². The van der Waals surface area contributed by atoms with Crippen LogP contribution in [-0.2, 0) is 0 Å². The molecule has 1 rings (SSSR count). The first-order valence-corrected chi connectivity index (χ1v) is 2.66. The van der Waals surface area contributed by atoms with Crippen LogP contribution in [0.1, 0.15) is 10.5 Å². The summed E-state index contributed by atoms with van der Waals surface area (Å²) >= 11 is 0. The monoisotopic (exact) mass is 159 g/mol. The fraction of sp³-hybridized carbons (Fsp3) is 0. The van der Waals surface area contributed by atoms with Gasteiger partial charge in [-0.05, 0) is 0 Å². The molecule has 0 aliphatic carbocycles. The van der Waals surface area contributed by atoms with Gasteiger partial charge in [-0.1, -0.05) is 0 Å². The molecule has 1 heterocycles. The Hall–Kier alpha value is -1.52. The Morgan fingerprint density at radius 2 is 2.09 bits per heavy atom. The molecule has 0 bridgehead atoms. The first-order valence-electron chi connectivity index (χ1n) is 2.66. The molecule has 0 aliphatic heterocycles. The van der Waals surface area contributed by atoms with E-state index in [0.717, 1.165) is 0 Å². The molecule has 1 aromatic heterocycles. The van der Waals surface area contributed by atoms with Gasteiger partial charge in [0.25, 0.3) is 0 Å². The minimum Gasteiger partial charge on any atom is -0.477 e. The summed E-state index contributed by atoms with van der Waals surface area (Å²) in [5, 5.41) is 8.24. The van der Waals surface area contributed by atoms with Crippen LogP contribution in [0.2, 0.25) is 0 Å². The lowest BCUT2D eigenvalue weighted by Crippen LogP contribution is -2.02. The smallest absolute Gasteiger partial charge is 0.354 e. The number of aromatic carboxylic acids is 1. The number of carboxylic acid groups (broad SMARTS) is 1. The molecule has 5 heteroatoms. The number of halogens is 2. The summed E-state index contributed by atoms with van der Waals surface area (Å²) in [6.07, 6.45) is 0. The molecular formula is C6H3F2NO2. The van der Waals surface area contributed by atoms with Gasteiger partial charge in [-0.2, -0.15) is 4.39 Å². The number of rotatable bonds is 1. The van der Waals surface area contributed by atoms with Crippen molar-refractivity contribution in [2.24, 2.45) is 0 Å². The Balaban J connectivity index is 3.19. The highest BCUT2D eigenvalue weighted by Gasteiger charge is 2.07. The maximum atomic E-state index is 12.2. The molecule has 58 valence electrons. The standard InChI is InChI=1S/C6H3F2NO2/c7-3-1-4(6(10)11)9-5(8)2-3/h1-2H,(H,10,11). The van der Waals surface area contributed by atoms with Crippen LogP contribution >= 0.6 is 0 Å². The maximum Gasteiger partial charge on any atom is 0.354 e. The van der Waals surface area contributed by atoms with Crippen LogP contribution in [0.4, 0.5) is 8.78 Å². The van der Waals surface area contributed by atoms with Gasteiger partial charge in [0.05, 0.1) is 0 Å². The third-order valence-corrected chi connectivity index (χ3v) is 0.978. The first-order chi connectivity index (χ1) is 5.09. The van der Waals surface area contributed by atoms with E-state index in [-0.39, 0.29) is 0 Å². The lowest BCUT2D eigenvalue weighted by atomic mass is 10.3. The van der Waals surface area contributed by atoms with E-state index in [2.05, 4.69) is 4.98 Å². The maximum absolute atomic E-state index is 12.2. The molecule has 0 amide bonds. The van der Waals surface area contributed by atoms with Gasteiger partial charge in [-0.3, -0.25) is 0 Å². The van der Waals surface area contributed by atoms with E-state index in [1.54, 1.807) is 0 Å². The number of hydrogen-bond acceptors (Lipinski definition) is 2. The van der Waals surface area contributed by atoms with E-state index in [1.807, 2.05) is 0 Å². The van der Waals surface area contributed by atoms with Gasteiger partial charge in [0.15, 0.2) is 5.69 Å². The molecule has 0 atom stereocenters. The highest BCUT2D eigenvalue weighted by Crippen LogP contribution is 2.02. The van der Waals surface area contributed by atoms with Crippen molar-refractivity contribution in [3.8, 4) is 0 Å². The van der Waals surface area contributed by atoms with Crippen LogP contribution in [0.5, 0.6) is 0 Å². The van der Waals surface area contributed by atoms with Gasteiger partial charge < -0.3 is 5.11 Å². The van der Waals surface area contributed by atoms with Gasteiger partial charge in [0.1, 0.15) is 5.82 Å². The predicted molar refractivity (Wildman–Crippen MR) is 31.1 cm³/mol. The number of carbonyl (C=O) groups is 1. The molecule has 11 heavy (non-hydrogen) atoms. The summed E-state index contributed by atoms with van der Waals surface area (Å²) in [5.74, 6) is -3.54. The van der Waals surface area contributed by atoms with Gasteiger partial charge in [-0.15, -0.1) is 0 Å². The summed E-state index contributed by atoms with van der Waals surface area (Å²) in [5.41, 5.74) is -0.637. The fourth-order valence-corrected chi connectivity index (χ4v) is 0.575. The molecule has 0 fully saturated rings. The van der Waals surface area contributed by atoms with E-state index in [1.165, 1.54) is 0 Å². The van der Waals surface area contributed by atoms with Crippen molar-refractivity contribution in [2.75, 3.05) is 0 Å². The Morgan fingerprint density at radius 1 is 1.45 bits per heavy atom. The average Bonchev–Trinajstić information content (AvgIpc) is 1.85. The van der Waals surface area contributed by atoms with Crippen molar-refractivity contribution < 1.29 is 18.7 Å². The minimum absolute atomic E-state index is 0.506. The molecule has 0 saturated carbocycles. The first kappa shape index (κ1) is 7.59. The highest BCUT2D eigenvalue weighted by atomic mass is 19.1. The Kier molecular flexibility index (Phi) is 1.80. The second kappa shape index (κ2) is 2.61. The average molecular weight is 159 g/mol. The summed E-state index contributed by atoms with van der Waals surface area (Å²) in [4.78, 5) is 13.0. The van der Waals surface area contributed by atoms with Crippen LogP contribution in [0, 0.1) is 11.8 Å². The van der Waals surface area contributed by atoms with Gasteiger partial charge >= 0.3 is 5.97 Å². The van der Waals surface area contributed by atoms with Crippen molar-refractivity contribution in [3.05, 3.63) is 29.6 Å².